The number of anilines is 2. The molecule has 0 aliphatic heterocycles. The normalized spacial score (nSPS) is 10.4. The van der Waals surface area contributed by atoms with Crippen LogP contribution < -0.4 is 11.1 Å². The summed E-state index contributed by atoms with van der Waals surface area (Å²) in [7, 11) is 0. The first-order chi connectivity index (χ1) is 9.19. The fourth-order valence-corrected chi connectivity index (χ4v) is 1.83. The highest BCUT2D eigenvalue weighted by atomic mass is 16.1. The Morgan fingerprint density at radius 3 is 2.89 bits per heavy atom. The summed E-state index contributed by atoms with van der Waals surface area (Å²) < 4.78 is 1.77. The number of amides is 1. The van der Waals surface area contributed by atoms with Gasteiger partial charge in [0.05, 0.1) is 11.9 Å². The number of aromatic nitrogens is 2. The summed E-state index contributed by atoms with van der Waals surface area (Å²) >= 11 is 0. The predicted octanol–water partition coefficient (Wildman–Crippen LogP) is 2.06. The largest absolute Gasteiger partial charge is 0.399 e. The van der Waals surface area contributed by atoms with E-state index in [-0.39, 0.29) is 5.91 Å². The highest BCUT2D eigenvalue weighted by molar-refractivity contribution is 5.90. The molecule has 0 atom stereocenters. The summed E-state index contributed by atoms with van der Waals surface area (Å²) in [6.07, 6.45) is 4.51. The zero-order valence-electron chi connectivity index (χ0n) is 11.0. The van der Waals surface area contributed by atoms with Gasteiger partial charge < -0.3 is 11.1 Å². The number of benzene rings is 1. The van der Waals surface area contributed by atoms with Crippen molar-refractivity contribution in [3.8, 4) is 0 Å². The smallest absolute Gasteiger partial charge is 0.224 e. The second-order valence-corrected chi connectivity index (χ2v) is 4.33. The highest BCUT2D eigenvalue weighted by Gasteiger charge is 2.06. The Labute approximate surface area is 112 Å². The van der Waals surface area contributed by atoms with Crippen LogP contribution in [0.5, 0.6) is 0 Å². The van der Waals surface area contributed by atoms with Crippen molar-refractivity contribution in [3.05, 3.63) is 42.2 Å². The average molecular weight is 258 g/mol. The number of rotatable bonds is 5. The monoisotopic (exact) mass is 258 g/mol. The van der Waals surface area contributed by atoms with Gasteiger partial charge >= 0.3 is 0 Å². The van der Waals surface area contributed by atoms with Crippen LogP contribution in [0.15, 0.2) is 36.7 Å². The van der Waals surface area contributed by atoms with Crippen LogP contribution >= 0.6 is 0 Å². The maximum atomic E-state index is 11.8. The minimum absolute atomic E-state index is 0.0288. The second kappa shape index (κ2) is 6.04. The van der Waals surface area contributed by atoms with E-state index >= 15 is 0 Å². The van der Waals surface area contributed by atoms with Crippen molar-refractivity contribution in [2.24, 2.45) is 0 Å². The zero-order chi connectivity index (χ0) is 13.7. The van der Waals surface area contributed by atoms with E-state index in [1.807, 2.05) is 37.4 Å². The van der Waals surface area contributed by atoms with Gasteiger partial charge in [0.15, 0.2) is 0 Å². The first-order valence-corrected chi connectivity index (χ1v) is 6.34. The Hall–Kier alpha value is -2.30. The van der Waals surface area contributed by atoms with Crippen molar-refractivity contribution < 1.29 is 4.79 Å². The van der Waals surface area contributed by atoms with E-state index in [0.29, 0.717) is 12.8 Å². The molecule has 1 aromatic heterocycles. The minimum Gasteiger partial charge on any atom is -0.399 e. The van der Waals surface area contributed by atoms with Crippen LogP contribution in [0.25, 0.3) is 0 Å². The molecule has 0 unspecified atom stereocenters. The van der Waals surface area contributed by atoms with E-state index in [9.17, 15) is 4.79 Å². The molecule has 2 aromatic rings. The lowest BCUT2D eigenvalue weighted by Crippen LogP contribution is -2.12. The molecule has 1 amide bonds. The Morgan fingerprint density at radius 2 is 2.21 bits per heavy atom. The van der Waals surface area contributed by atoms with E-state index in [1.54, 1.807) is 10.9 Å². The number of nitrogen functional groups attached to an aromatic ring is 1. The maximum Gasteiger partial charge on any atom is 0.224 e. The Morgan fingerprint density at radius 1 is 1.42 bits per heavy atom. The molecule has 0 saturated heterocycles. The van der Waals surface area contributed by atoms with Crippen molar-refractivity contribution in [1.82, 2.24) is 9.78 Å². The van der Waals surface area contributed by atoms with Crippen molar-refractivity contribution in [2.75, 3.05) is 11.1 Å². The third-order valence-corrected chi connectivity index (χ3v) is 2.92. The summed E-state index contributed by atoms with van der Waals surface area (Å²) in [5.41, 5.74) is 8.30. The van der Waals surface area contributed by atoms with Gasteiger partial charge in [-0.2, -0.15) is 5.10 Å². The number of carbonyl (C=O) groups is 1. The van der Waals surface area contributed by atoms with Crippen molar-refractivity contribution in [3.63, 3.8) is 0 Å². The summed E-state index contributed by atoms with van der Waals surface area (Å²) in [4.78, 5) is 11.8. The average Bonchev–Trinajstić information content (AvgIpc) is 2.85. The number of carbonyl (C=O) groups excluding carboxylic acids is 1. The molecule has 0 radical (unpaired) electrons. The molecular weight excluding hydrogens is 240 g/mol. The highest BCUT2D eigenvalue weighted by Crippen LogP contribution is 2.13. The lowest BCUT2D eigenvalue weighted by Gasteiger charge is -2.05. The molecule has 0 spiro atoms. The van der Waals surface area contributed by atoms with E-state index in [1.165, 1.54) is 0 Å². The summed E-state index contributed by atoms with van der Waals surface area (Å²) in [6, 6.07) is 7.60. The molecular formula is C14H18N4O. The van der Waals surface area contributed by atoms with Gasteiger partial charge in [0, 0.05) is 24.8 Å². The molecule has 19 heavy (non-hydrogen) atoms. The van der Waals surface area contributed by atoms with Crippen LogP contribution in [0.3, 0.4) is 0 Å². The molecule has 100 valence electrons. The molecule has 1 heterocycles. The topological polar surface area (TPSA) is 72.9 Å². The second-order valence-electron chi connectivity index (χ2n) is 4.33. The number of nitrogens with two attached hydrogens (primary N) is 1. The van der Waals surface area contributed by atoms with Crippen LogP contribution in [-0.4, -0.2) is 15.7 Å². The lowest BCUT2D eigenvalue weighted by molar-refractivity contribution is -0.116. The van der Waals surface area contributed by atoms with Gasteiger partial charge in [-0.15, -0.1) is 0 Å². The number of hydrogen-bond acceptors (Lipinski definition) is 3. The van der Waals surface area contributed by atoms with Crippen molar-refractivity contribution in [2.45, 2.75) is 26.3 Å². The molecule has 5 heteroatoms. The fourth-order valence-electron chi connectivity index (χ4n) is 1.83. The first kappa shape index (κ1) is 13.1. The lowest BCUT2D eigenvalue weighted by atomic mass is 10.1. The van der Waals surface area contributed by atoms with Gasteiger partial charge in [-0.3, -0.25) is 9.48 Å². The third-order valence-electron chi connectivity index (χ3n) is 2.92. The quantitative estimate of drug-likeness (QED) is 0.806. The van der Waals surface area contributed by atoms with Gasteiger partial charge in [-0.05, 0) is 25.0 Å². The number of nitrogens with one attached hydrogen (secondary N) is 1. The summed E-state index contributed by atoms with van der Waals surface area (Å²) in [6.45, 7) is 2.78. The standard InChI is InChI=1S/C14H18N4O/c1-2-18-10-12(9-16-18)17-14(19)8-7-11-5-3-4-6-13(11)15/h3-6,9-10H,2,7-8,15H2,1H3,(H,17,19). The fraction of sp³-hybridized carbons (Fsp3) is 0.286. The first-order valence-electron chi connectivity index (χ1n) is 6.34. The third kappa shape index (κ3) is 3.58. The van der Waals surface area contributed by atoms with E-state index < -0.39 is 0 Å². The van der Waals surface area contributed by atoms with Crippen LogP contribution in [0.2, 0.25) is 0 Å². The Balaban J connectivity index is 1.86. The van der Waals surface area contributed by atoms with E-state index in [4.69, 9.17) is 5.73 Å². The molecule has 5 nitrogen and oxygen atoms in total. The van der Waals surface area contributed by atoms with Crippen molar-refractivity contribution >= 4 is 17.3 Å². The zero-order valence-corrected chi connectivity index (χ0v) is 11.0. The molecule has 0 saturated carbocycles. The van der Waals surface area contributed by atoms with Crippen LogP contribution in [0.1, 0.15) is 18.9 Å². The molecule has 3 N–H and O–H groups in total. The van der Waals surface area contributed by atoms with Crippen LogP contribution in [0.4, 0.5) is 11.4 Å². The summed E-state index contributed by atoms with van der Waals surface area (Å²) in [5.74, 6) is -0.0288. The van der Waals surface area contributed by atoms with Crippen LogP contribution in [0, 0.1) is 0 Å². The molecule has 0 bridgehead atoms. The van der Waals surface area contributed by atoms with Gasteiger partial charge in [-0.1, -0.05) is 18.2 Å². The van der Waals surface area contributed by atoms with Crippen molar-refractivity contribution in [1.29, 1.82) is 0 Å². The Bertz CT molecular complexity index is 562. The van der Waals surface area contributed by atoms with Gasteiger partial charge in [0.2, 0.25) is 5.91 Å². The maximum absolute atomic E-state index is 11.8. The van der Waals surface area contributed by atoms with Gasteiger partial charge in [0.25, 0.3) is 0 Å². The molecule has 0 fully saturated rings. The van der Waals surface area contributed by atoms with Gasteiger partial charge in [0.1, 0.15) is 0 Å². The number of hydrogen-bond donors (Lipinski definition) is 2. The summed E-state index contributed by atoms with van der Waals surface area (Å²) in [5, 5.41) is 6.93. The minimum atomic E-state index is -0.0288. The molecule has 0 aliphatic carbocycles. The molecule has 1 aromatic carbocycles. The molecule has 0 aliphatic rings. The number of nitrogens with zero attached hydrogens (tertiary/aromatic N) is 2. The number of para-hydroxylation sites is 1. The SMILES string of the molecule is CCn1cc(NC(=O)CCc2ccccc2N)cn1. The van der Waals surface area contributed by atoms with Gasteiger partial charge in [-0.25, -0.2) is 0 Å². The molecule has 2 rings (SSSR count). The van der Waals surface area contributed by atoms with E-state index in [2.05, 4.69) is 10.4 Å². The predicted molar refractivity (Wildman–Crippen MR) is 75.7 cm³/mol. The Kier molecular flexibility index (Phi) is 4.18. The number of aryl methyl sites for hydroxylation is 2. The van der Waals surface area contributed by atoms with E-state index in [0.717, 1.165) is 23.5 Å². The van der Waals surface area contributed by atoms with Crippen LogP contribution in [-0.2, 0) is 17.8 Å².